The molecule has 0 heterocycles. The Hall–Kier alpha value is -7.11. The minimum atomic E-state index is -4.27. The maximum absolute atomic E-state index is 12.4. The highest BCUT2D eigenvalue weighted by Gasteiger charge is 2.25. The lowest BCUT2D eigenvalue weighted by molar-refractivity contribution is 0.397. The van der Waals surface area contributed by atoms with Gasteiger partial charge in [-0.05, 0) is 131 Å². The van der Waals surface area contributed by atoms with Gasteiger partial charge in [-0.25, -0.2) is 0 Å². The van der Waals surface area contributed by atoms with E-state index in [0.29, 0.717) is 59.6 Å². The molecule has 12 aromatic carbocycles. The highest BCUT2D eigenvalue weighted by atomic mass is 32.2. The minimum Gasteiger partial charge on any atom is -0.507 e. The van der Waals surface area contributed by atoms with Crippen molar-refractivity contribution >= 4 is 127 Å². The molecule has 12 nitrogen and oxygen atoms in total. The van der Waals surface area contributed by atoms with Crippen LogP contribution < -0.4 is 0 Å². The van der Waals surface area contributed by atoms with Crippen LogP contribution in [0.3, 0.4) is 0 Å². The SMILES string of the molecule is C.COS(=O)(=O)c1cc(O)c2ccc3c(CS(=O)(=O)O)cc(C)c4ccc1c2c43.Cc1cc(CS(=O)(=O)O)c2ccc3c(O)cc(O)c4ccc1c2c43.Cc1ccc2ccc3cccc4ccc1c2c34. The van der Waals surface area contributed by atoms with Crippen LogP contribution in [0.2, 0.25) is 0 Å². The molecule has 0 unspecified atom stereocenters. The van der Waals surface area contributed by atoms with Crippen molar-refractivity contribution in [2.45, 2.75) is 44.6 Å². The predicted octanol–water partition coefficient (Wildman–Crippen LogP) is 12.5. The van der Waals surface area contributed by atoms with Gasteiger partial charge < -0.3 is 15.3 Å². The second-order valence-corrected chi connectivity index (χ2v) is 22.1. The van der Waals surface area contributed by atoms with Crippen LogP contribution in [-0.4, -0.2) is 56.8 Å². The molecule has 0 radical (unpaired) electrons. The zero-order chi connectivity index (χ0) is 49.1. The van der Waals surface area contributed by atoms with E-state index in [4.69, 9.17) is 0 Å². The van der Waals surface area contributed by atoms with Crippen molar-refractivity contribution in [3.05, 3.63) is 155 Å². The van der Waals surface area contributed by atoms with Gasteiger partial charge in [0.25, 0.3) is 30.4 Å². The zero-order valence-corrected chi connectivity index (χ0v) is 39.8. The lowest BCUT2D eigenvalue weighted by Crippen LogP contribution is -2.05. The van der Waals surface area contributed by atoms with E-state index in [0.717, 1.165) is 40.5 Å². The molecule has 70 heavy (non-hydrogen) atoms. The van der Waals surface area contributed by atoms with Gasteiger partial charge in [0.15, 0.2) is 0 Å². The lowest BCUT2D eigenvalue weighted by Gasteiger charge is -2.18. The van der Waals surface area contributed by atoms with Crippen LogP contribution in [0.15, 0.2) is 132 Å². The normalized spacial score (nSPS) is 12.4. The van der Waals surface area contributed by atoms with Crippen molar-refractivity contribution in [3.63, 3.8) is 0 Å². The first kappa shape index (κ1) is 47.9. The third-order valence-corrected chi connectivity index (χ3v) is 15.9. The molecule has 0 aliphatic carbocycles. The first-order valence-electron chi connectivity index (χ1n) is 21.5. The topological polar surface area (TPSA) is 213 Å². The van der Waals surface area contributed by atoms with Crippen LogP contribution in [0.25, 0.3) is 97.0 Å². The summed E-state index contributed by atoms with van der Waals surface area (Å²) in [6.45, 7) is 5.84. The summed E-state index contributed by atoms with van der Waals surface area (Å²) in [5.41, 5.74) is 3.86. The number of rotatable bonds is 6. The molecule has 15 heteroatoms. The first-order valence-corrected chi connectivity index (χ1v) is 26.2. The molecule has 0 aliphatic rings. The zero-order valence-electron chi connectivity index (χ0n) is 37.4. The standard InChI is InChI=1S/C19H16O7S2.C18H14O5S.C17H12.CH4/c1-10-7-11(9-27(21,22)23)13-4-5-14-16(20)8-17(28(24,25)26-2)15-6-3-12(10)18(13)19(14)15;1-9-6-10(8-24(21,22)23)12-3-5-14-16(20)7-15(19)13-4-2-11(9)17(12)18(13)14;1-11-5-6-14-8-7-12-3-2-4-13-9-10-15(11)17(14)16(12)13;/h3-8,20H,9H2,1-2H3,(H,21,22,23);2-7,19-20H,8H2,1H3,(H,21,22,23);2-10H,1H3;1H4. The van der Waals surface area contributed by atoms with Crippen LogP contribution in [-0.2, 0) is 46.0 Å². The van der Waals surface area contributed by atoms with E-state index in [1.54, 1.807) is 61.5 Å². The maximum Gasteiger partial charge on any atom is 0.297 e. The lowest BCUT2D eigenvalue weighted by atomic mass is 9.89. The van der Waals surface area contributed by atoms with Crippen molar-refractivity contribution < 1.29 is 53.9 Å². The van der Waals surface area contributed by atoms with E-state index in [2.05, 4.69) is 65.7 Å². The molecule has 5 N–H and O–H groups in total. The highest BCUT2D eigenvalue weighted by molar-refractivity contribution is 7.87. The fraction of sp³-hybridized carbons (Fsp3) is 0.127. The van der Waals surface area contributed by atoms with Crippen LogP contribution >= 0.6 is 0 Å². The van der Waals surface area contributed by atoms with Gasteiger partial charge in [0.05, 0.1) is 7.11 Å². The summed E-state index contributed by atoms with van der Waals surface area (Å²) in [7, 11) is -11.5. The molecule has 356 valence electrons. The minimum absolute atomic E-state index is 0. The monoisotopic (exact) mass is 994 g/mol. The van der Waals surface area contributed by atoms with Crippen LogP contribution in [0.5, 0.6) is 17.2 Å². The molecule has 0 aliphatic heterocycles. The van der Waals surface area contributed by atoms with Gasteiger partial charge in [-0.3, -0.25) is 13.3 Å². The third-order valence-electron chi connectivity index (χ3n) is 13.2. The van der Waals surface area contributed by atoms with Crippen molar-refractivity contribution in [1.29, 1.82) is 0 Å². The summed E-state index contributed by atoms with van der Waals surface area (Å²) >= 11 is 0. The van der Waals surface area contributed by atoms with Gasteiger partial charge >= 0.3 is 0 Å². The molecule has 0 fully saturated rings. The summed E-state index contributed by atoms with van der Waals surface area (Å²) in [5, 5.41) is 46.5. The van der Waals surface area contributed by atoms with E-state index >= 15 is 0 Å². The Bertz CT molecular complexity index is 4400. The van der Waals surface area contributed by atoms with Crippen LogP contribution in [0.4, 0.5) is 0 Å². The van der Waals surface area contributed by atoms with E-state index in [9.17, 15) is 49.7 Å². The average Bonchev–Trinajstić information content (AvgIpc) is 3.29. The average molecular weight is 995 g/mol. The first-order chi connectivity index (χ1) is 32.6. The summed E-state index contributed by atoms with van der Waals surface area (Å²) in [6.07, 6.45) is 0. The molecule has 0 amide bonds. The van der Waals surface area contributed by atoms with E-state index < -0.39 is 41.9 Å². The molecule has 12 rings (SSSR count). The molecule has 12 aromatic rings. The number of hydrogen-bond donors (Lipinski definition) is 5. The second kappa shape index (κ2) is 17.1. The molecule has 0 spiro atoms. The molecular formula is C55H46O12S3. The van der Waals surface area contributed by atoms with Crippen molar-refractivity contribution in [2.24, 2.45) is 0 Å². The fourth-order valence-corrected chi connectivity index (χ4v) is 12.4. The summed E-state index contributed by atoms with van der Waals surface area (Å²) in [5.74, 6) is -1.35. The Kier molecular flexibility index (Phi) is 11.7. The molecule has 0 aromatic heterocycles. The van der Waals surface area contributed by atoms with Gasteiger partial charge in [0.2, 0.25) is 0 Å². The number of benzene rings is 12. The van der Waals surface area contributed by atoms with Crippen LogP contribution in [0, 0.1) is 20.8 Å². The summed E-state index contributed by atoms with van der Waals surface area (Å²) in [6, 6.07) is 39.5. The third kappa shape index (κ3) is 8.03. The fourth-order valence-electron chi connectivity index (χ4n) is 10.2. The Morgan fingerprint density at radius 1 is 0.400 bits per heavy atom. The van der Waals surface area contributed by atoms with Crippen molar-refractivity contribution in [2.75, 3.05) is 7.11 Å². The smallest absolute Gasteiger partial charge is 0.297 e. The van der Waals surface area contributed by atoms with Gasteiger partial charge in [-0.15, -0.1) is 0 Å². The Morgan fingerprint density at radius 2 is 0.757 bits per heavy atom. The van der Waals surface area contributed by atoms with Gasteiger partial charge in [-0.2, -0.15) is 25.3 Å². The summed E-state index contributed by atoms with van der Waals surface area (Å²) < 4.78 is 93.6. The molecule has 0 atom stereocenters. The van der Waals surface area contributed by atoms with E-state index in [1.807, 2.05) is 13.0 Å². The van der Waals surface area contributed by atoms with Crippen molar-refractivity contribution in [3.8, 4) is 17.2 Å². The predicted molar refractivity (Wildman–Crippen MR) is 281 cm³/mol. The number of phenols is 3. The quantitative estimate of drug-likeness (QED) is 0.0598. The molecule has 0 saturated heterocycles. The van der Waals surface area contributed by atoms with Crippen molar-refractivity contribution in [1.82, 2.24) is 0 Å². The molecule has 0 bridgehead atoms. The number of aromatic hydroxyl groups is 3. The van der Waals surface area contributed by atoms with Gasteiger partial charge in [0.1, 0.15) is 33.6 Å². The Morgan fingerprint density at radius 3 is 1.24 bits per heavy atom. The molecule has 0 saturated carbocycles. The maximum atomic E-state index is 12.4. The van der Waals surface area contributed by atoms with Gasteiger partial charge in [-0.1, -0.05) is 104 Å². The second-order valence-electron chi connectivity index (χ2n) is 17.5. The molecular weight excluding hydrogens is 949 g/mol. The van der Waals surface area contributed by atoms with E-state index in [1.165, 1.54) is 43.9 Å². The highest BCUT2D eigenvalue weighted by Crippen LogP contribution is 2.46. The Balaban J connectivity index is 0.000000133. The number of hydrogen-bond acceptors (Lipinski definition) is 10. The van der Waals surface area contributed by atoms with Gasteiger partial charge in [0, 0.05) is 44.5 Å². The summed E-state index contributed by atoms with van der Waals surface area (Å²) in [4.78, 5) is -0.174. The number of phenolic OH excluding ortho intramolecular Hbond substituents is 3. The Labute approximate surface area is 403 Å². The number of aryl methyl sites for hydroxylation is 3. The van der Waals surface area contributed by atoms with E-state index in [-0.39, 0.29) is 29.6 Å². The van der Waals surface area contributed by atoms with Crippen LogP contribution in [0.1, 0.15) is 35.2 Å². The largest absolute Gasteiger partial charge is 0.507 e.